The molecule has 1 aliphatic carbocycles. The number of carbonyl (C=O) groups is 1. The fourth-order valence-electron chi connectivity index (χ4n) is 2.52. The lowest BCUT2D eigenvalue weighted by atomic mass is 9.92. The van der Waals surface area contributed by atoms with E-state index in [0.717, 1.165) is 34.0 Å². The minimum Gasteiger partial charge on any atom is -0.387 e. The van der Waals surface area contributed by atoms with Gasteiger partial charge in [-0.1, -0.05) is 6.08 Å². The van der Waals surface area contributed by atoms with Crippen molar-refractivity contribution in [1.82, 2.24) is 5.32 Å². The molecule has 0 amide bonds. The van der Waals surface area contributed by atoms with Crippen molar-refractivity contribution in [1.29, 1.82) is 0 Å². The number of hydrogen-bond donors (Lipinski definition) is 1. The first-order chi connectivity index (χ1) is 8.66. The van der Waals surface area contributed by atoms with Gasteiger partial charge in [0.25, 0.3) is 0 Å². The van der Waals surface area contributed by atoms with Crippen molar-refractivity contribution in [3.05, 3.63) is 45.3 Å². The zero-order valence-electron chi connectivity index (χ0n) is 10.1. The van der Waals surface area contributed by atoms with E-state index < -0.39 is 6.17 Å². The largest absolute Gasteiger partial charge is 0.387 e. The Bertz CT molecular complexity index is 558. The van der Waals surface area contributed by atoms with Crippen molar-refractivity contribution >= 4 is 17.1 Å². The molecule has 0 saturated carbocycles. The summed E-state index contributed by atoms with van der Waals surface area (Å²) in [5, 5.41) is 3.29. The molecule has 0 aromatic carbocycles. The van der Waals surface area contributed by atoms with Crippen LogP contribution in [0, 0.1) is 0 Å². The maximum Gasteiger partial charge on any atom is 0.169 e. The Morgan fingerprint density at radius 2 is 2.39 bits per heavy atom. The highest BCUT2D eigenvalue weighted by molar-refractivity contribution is 7.14. The summed E-state index contributed by atoms with van der Waals surface area (Å²) in [7, 11) is 0. The van der Waals surface area contributed by atoms with Crippen LogP contribution >= 0.6 is 11.3 Å². The van der Waals surface area contributed by atoms with Gasteiger partial charge >= 0.3 is 0 Å². The van der Waals surface area contributed by atoms with Gasteiger partial charge in [0, 0.05) is 17.1 Å². The van der Waals surface area contributed by atoms with Gasteiger partial charge in [-0.15, -0.1) is 11.3 Å². The quantitative estimate of drug-likeness (QED) is 0.789. The monoisotopic (exact) mass is 263 g/mol. The van der Waals surface area contributed by atoms with Gasteiger partial charge in [-0.2, -0.15) is 0 Å². The third kappa shape index (κ3) is 1.81. The molecule has 3 rings (SSSR count). The van der Waals surface area contributed by atoms with E-state index in [1.165, 1.54) is 11.3 Å². The van der Waals surface area contributed by atoms with E-state index in [0.29, 0.717) is 0 Å². The molecule has 1 aromatic heterocycles. The zero-order valence-corrected chi connectivity index (χ0v) is 10.9. The van der Waals surface area contributed by atoms with Crippen LogP contribution < -0.4 is 5.32 Å². The van der Waals surface area contributed by atoms with Gasteiger partial charge in [0.2, 0.25) is 0 Å². The van der Waals surface area contributed by atoms with Crippen LogP contribution in [0.25, 0.3) is 0 Å². The van der Waals surface area contributed by atoms with Crippen LogP contribution in [0.1, 0.15) is 33.0 Å². The summed E-state index contributed by atoms with van der Waals surface area (Å²) in [5.74, 6) is -0.195. The third-order valence-electron chi connectivity index (χ3n) is 3.42. The first-order valence-corrected chi connectivity index (χ1v) is 6.88. The molecular weight excluding hydrogens is 249 g/mol. The second-order valence-corrected chi connectivity index (χ2v) is 5.75. The highest BCUT2D eigenvalue weighted by atomic mass is 32.1. The highest BCUT2D eigenvalue weighted by Crippen LogP contribution is 2.40. The lowest BCUT2D eigenvalue weighted by molar-refractivity contribution is 0.102. The van der Waals surface area contributed by atoms with E-state index in [-0.39, 0.29) is 11.7 Å². The van der Waals surface area contributed by atoms with Gasteiger partial charge < -0.3 is 5.32 Å². The third-order valence-corrected chi connectivity index (χ3v) is 4.78. The van der Waals surface area contributed by atoms with Crippen molar-refractivity contribution in [2.24, 2.45) is 0 Å². The molecule has 94 valence electrons. The van der Waals surface area contributed by atoms with Crippen LogP contribution in [0.5, 0.6) is 0 Å². The number of alkyl halides is 1. The van der Waals surface area contributed by atoms with E-state index in [1.54, 1.807) is 19.1 Å². The Balaban J connectivity index is 2.10. The number of fused-ring (bicyclic) bond motifs is 3. The normalized spacial score (nSPS) is 25.6. The second-order valence-electron chi connectivity index (χ2n) is 4.66. The van der Waals surface area contributed by atoms with E-state index >= 15 is 0 Å². The number of hydrogen-bond acceptors (Lipinski definition) is 3. The van der Waals surface area contributed by atoms with Gasteiger partial charge in [-0.05, 0) is 37.1 Å². The van der Waals surface area contributed by atoms with Crippen LogP contribution in [0.2, 0.25) is 0 Å². The molecular formula is C14H14FNOS. The molecule has 1 aromatic rings. The molecule has 4 heteroatoms. The Labute approximate surface area is 109 Å². The molecule has 1 aliphatic heterocycles. The van der Waals surface area contributed by atoms with Crippen LogP contribution in [-0.4, -0.2) is 18.5 Å². The van der Waals surface area contributed by atoms with Crippen LogP contribution in [-0.2, 0) is 6.42 Å². The molecule has 0 bridgehead atoms. The Morgan fingerprint density at radius 1 is 1.56 bits per heavy atom. The highest BCUT2D eigenvalue weighted by Gasteiger charge is 2.32. The molecule has 2 heterocycles. The molecule has 2 atom stereocenters. The Morgan fingerprint density at radius 3 is 3.17 bits per heavy atom. The number of ketones is 1. The van der Waals surface area contributed by atoms with E-state index in [4.69, 9.17) is 0 Å². The molecule has 0 saturated heterocycles. The van der Waals surface area contributed by atoms with Gasteiger partial charge in [0.1, 0.15) is 6.17 Å². The maximum atomic E-state index is 14.1. The van der Waals surface area contributed by atoms with E-state index in [9.17, 15) is 9.18 Å². The maximum absolute atomic E-state index is 14.1. The Hall–Kier alpha value is -1.42. The number of carbonyl (C=O) groups excluding carboxylic acids is 1. The van der Waals surface area contributed by atoms with Crippen LogP contribution in [0.4, 0.5) is 4.39 Å². The summed E-state index contributed by atoms with van der Waals surface area (Å²) in [5.41, 5.74) is 2.05. The van der Waals surface area contributed by atoms with Gasteiger partial charge in [-0.3, -0.25) is 4.79 Å². The lowest BCUT2D eigenvalue weighted by Crippen LogP contribution is -2.24. The topological polar surface area (TPSA) is 29.1 Å². The molecule has 1 N–H and O–H groups in total. The number of halogens is 1. The molecule has 0 spiro atoms. The average molecular weight is 263 g/mol. The fraction of sp³-hybridized carbons (Fsp3) is 0.357. The van der Waals surface area contributed by atoms with Gasteiger partial charge in [-0.25, -0.2) is 4.39 Å². The smallest absolute Gasteiger partial charge is 0.169 e. The first-order valence-electron chi connectivity index (χ1n) is 6.06. The van der Waals surface area contributed by atoms with Gasteiger partial charge in [0.15, 0.2) is 5.78 Å². The summed E-state index contributed by atoms with van der Waals surface area (Å²) in [6.07, 6.45) is 5.11. The number of nitrogens with one attached hydrogen (secondary N) is 1. The van der Waals surface area contributed by atoms with E-state index in [1.807, 2.05) is 12.1 Å². The number of Topliss-reactive ketones (excluding diaryl/α,β-unsaturated/α-hetero) is 1. The predicted molar refractivity (Wildman–Crippen MR) is 70.9 cm³/mol. The fourth-order valence-corrected chi connectivity index (χ4v) is 3.78. The summed E-state index contributed by atoms with van der Waals surface area (Å²) >= 11 is 1.44. The van der Waals surface area contributed by atoms with Crippen molar-refractivity contribution in [2.75, 3.05) is 6.54 Å². The lowest BCUT2D eigenvalue weighted by Gasteiger charge is -2.23. The molecule has 2 aliphatic rings. The van der Waals surface area contributed by atoms with Crippen molar-refractivity contribution in [2.45, 2.75) is 25.4 Å². The van der Waals surface area contributed by atoms with Crippen LogP contribution in [0.15, 0.2) is 30.0 Å². The van der Waals surface area contributed by atoms with Crippen molar-refractivity contribution < 1.29 is 9.18 Å². The second kappa shape index (κ2) is 4.35. The average Bonchev–Trinajstić information content (AvgIpc) is 2.66. The number of thiophene rings is 1. The minimum absolute atomic E-state index is 0.0633. The number of allylic oxidation sites excluding steroid dienone is 4. The number of rotatable bonds is 1. The first kappa shape index (κ1) is 11.7. The van der Waals surface area contributed by atoms with Crippen LogP contribution in [0.3, 0.4) is 0 Å². The molecule has 2 nitrogen and oxygen atoms in total. The predicted octanol–water partition coefficient (Wildman–Crippen LogP) is 2.97. The minimum atomic E-state index is -1.01. The molecule has 2 unspecified atom stereocenters. The zero-order chi connectivity index (χ0) is 12.7. The van der Waals surface area contributed by atoms with E-state index in [2.05, 4.69) is 5.32 Å². The van der Waals surface area contributed by atoms with Crippen molar-refractivity contribution in [3.8, 4) is 0 Å². The summed E-state index contributed by atoms with van der Waals surface area (Å²) in [6.45, 7) is 2.36. The summed E-state index contributed by atoms with van der Waals surface area (Å²) in [4.78, 5) is 13.2. The SMILES string of the molecule is CC(=O)c1cc2c(s1)C1C(=CC=CC1F)NCC2. The molecule has 0 fully saturated rings. The summed E-state index contributed by atoms with van der Waals surface area (Å²) in [6, 6.07) is 1.93. The standard InChI is InChI=1S/C14H14FNOS/c1-8(17)12-7-9-5-6-16-11-4-2-3-10(15)13(11)14(9)18-12/h2-4,7,10,13,16H,5-6H2,1H3. The summed E-state index contributed by atoms with van der Waals surface area (Å²) < 4.78 is 14.1. The van der Waals surface area contributed by atoms with Gasteiger partial charge in [0.05, 0.1) is 10.8 Å². The molecule has 0 radical (unpaired) electrons. The van der Waals surface area contributed by atoms with Crippen molar-refractivity contribution in [3.63, 3.8) is 0 Å². The molecule has 18 heavy (non-hydrogen) atoms. The Kier molecular flexibility index (Phi) is 2.82.